The normalized spacial score (nSPS) is 12.0. The smallest absolute Gasteiger partial charge is 0.305 e. The molecular formula is C16H16FNO3. The second-order valence-electron chi connectivity index (χ2n) is 4.65. The number of rotatable bonds is 5. The maximum atomic E-state index is 14.3. The van der Waals surface area contributed by atoms with E-state index < -0.39 is 17.8 Å². The summed E-state index contributed by atoms with van der Waals surface area (Å²) in [6.07, 6.45) is -0.177. The number of carbonyl (C=O) groups is 1. The molecule has 0 amide bonds. The summed E-state index contributed by atoms with van der Waals surface area (Å²) in [7, 11) is 1.40. The number of ether oxygens (including phenoxy) is 1. The van der Waals surface area contributed by atoms with E-state index in [1.165, 1.54) is 7.11 Å². The van der Waals surface area contributed by atoms with Gasteiger partial charge in [0, 0.05) is 11.6 Å². The molecule has 2 rings (SSSR count). The van der Waals surface area contributed by atoms with Crippen molar-refractivity contribution in [2.45, 2.75) is 12.5 Å². The zero-order chi connectivity index (χ0) is 15.4. The standard InChI is InChI=1S/C16H16FNO3/c1-21-14-7-3-6-12(16(14)17)10-4-2-5-11(8-10)13(18)9-15(19)20/h2-8,13H,9,18H2,1H3,(H,19,20). The Bertz CT molecular complexity index is 658. The van der Waals surface area contributed by atoms with Crippen LogP contribution in [0.15, 0.2) is 42.5 Å². The highest BCUT2D eigenvalue weighted by atomic mass is 19.1. The SMILES string of the molecule is COc1cccc(-c2cccc(C(N)CC(=O)O)c2)c1F. The van der Waals surface area contributed by atoms with Crippen LogP contribution in [-0.2, 0) is 4.79 Å². The van der Waals surface area contributed by atoms with Gasteiger partial charge in [0.2, 0.25) is 0 Å². The van der Waals surface area contributed by atoms with Gasteiger partial charge in [0.1, 0.15) is 0 Å². The lowest BCUT2D eigenvalue weighted by Gasteiger charge is -2.12. The van der Waals surface area contributed by atoms with Crippen molar-refractivity contribution < 1.29 is 19.0 Å². The molecule has 0 saturated heterocycles. The molecule has 0 heterocycles. The highest BCUT2D eigenvalue weighted by molar-refractivity contribution is 5.69. The van der Waals surface area contributed by atoms with Gasteiger partial charge in [-0.3, -0.25) is 4.79 Å². The Kier molecular flexibility index (Phi) is 4.55. The van der Waals surface area contributed by atoms with Gasteiger partial charge >= 0.3 is 5.97 Å². The zero-order valence-electron chi connectivity index (χ0n) is 11.5. The van der Waals surface area contributed by atoms with E-state index >= 15 is 0 Å². The first kappa shape index (κ1) is 15.0. The molecule has 0 spiro atoms. The second-order valence-corrected chi connectivity index (χ2v) is 4.65. The van der Waals surface area contributed by atoms with E-state index in [1.807, 2.05) is 0 Å². The Morgan fingerprint density at radius 2 is 2.05 bits per heavy atom. The minimum absolute atomic E-state index is 0.160. The largest absolute Gasteiger partial charge is 0.494 e. The van der Waals surface area contributed by atoms with Crippen LogP contribution in [-0.4, -0.2) is 18.2 Å². The molecule has 0 radical (unpaired) electrons. The Labute approximate surface area is 122 Å². The predicted octanol–water partition coefficient (Wildman–Crippen LogP) is 2.98. The average molecular weight is 289 g/mol. The topological polar surface area (TPSA) is 72.5 Å². The fraction of sp³-hybridized carbons (Fsp3) is 0.188. The molecule has 21 heavy (non-hydrogen) atoms. The Balaban J connectivity index is 2.40. The van der Waals surface area contributed by atoms with E-state index in [-0.39, 0.29) is 12.2 Å². The lowest BCUT2D eigenvalue weighted by Crippen LogP contribution is -2.14. The van der Waals surface area contributed by atoms with Crippen LogP contribution in [0.2, 0.25) is 0 Å². The molecule has 1 unspecified atom stereocenters. The molecule has 1 atom stereocenters. The van der Waals surface area contributed by atoms with Gasteiger partial charge in [-0.05, 0) is 23.3 Å². The molecular weight excluding hydrogens is 273 g/mol. The third kappa shape index (κ3) is 3.38. The van der Waals surface area contributed by atoms with Crippen LogP contribution in [0.5, 0.6) is 5.75 Å². The number of nitrogens with two attached hydrogens (primary N) is 1. The van der Waals surface area contributed by atoms with Gasteiger partial charge in [-0.2, -0.15) is 0 Å². The number of aliphatic carboxylic acids is 1. The number of hydrogen-bond donors (Lipinski definition) is 2. The van der Waals surface area contributed by atoms with Crippen molar-refractivity contribution in [2.24, 2.45) is 5.73 Å². The van der Waals surface area contributed by atoms with Gasteiger partial charge in [-0.15, -0.1) is 0 Å². The zero-order valence-corrected chi connectivity index (χ0v) is 11.5. The molecule has 0 aliphatic rings. The summed E-state index contributed by atoms with van der Waals surface area (Å²) < 4.78 is 19.2. The van der Waals surface area contributed by atoms with Crippen LogP contribution < -0.4 is 10.5 Å². The van der Waals surface area contributed by atoms with Crippen LogP contribution in [0.3, 0.4) is 0 Å². The van der Waals surface area contributed by atoms with Crippen molar-refractivity contribution in [3.63, 3.8) is 0 Å². The highest BCUT2D eigenvalue weighted by Crippen LogP contribution is 2.30. The average Bonchev–Trinajstić information content (AvgIpc) is 2.47. The summed E-state index contributed by atoms with van der Waals surface area (Å²) in [6, 6.07) is 11.1. The van der Waals surface area contributed by atoms with Gasteiger partial charge in [-0.25, -0.2) is 4.39 Å². The lowest BCUT2D eigenvalue weighted by molar-refractivity contribution is -0.137. The lowest BCUT2D eigenvalue weighted by atomic mass is 9.98. The molecule has 5 heteroatoms. The number of hydrogen-bond acceptors (Lipinski definition) is 3. The van der Waals surface area contributed by atoms with E-state index in [9.17, 15) is 9.18 Å². The first-order valence-electron chi connectivity index (χ1n) is 6.43. The fourth-order valence-corrected chi connectivity index (χ4v) is 2.13. The Hall–Kier alpha value is -2.40. The summed E-state index contributed by atoms with van der Waals surface area (Å²) in [4.78, 5) is 10.7. The number of carboxylic acids is 1. The third-order valence-electron chi connectivity index (χ3n) is 3.20. The summed E-state index contributed by atoms with van der Waals surface area (Å²) in [5, 5.41) is 8.79. The van der Waals surface area contributed by atoms with Crippen LogP contribution in [0.4, 0.5) is 4.39 Å². The van der Waals surface area contributed by atoms with Crippen molar-refractivity contribution in [3.05, 3.63) is 53.8 Å². The van der Waals surface area contributed by atoms with Gasteiger partial charge in [0.05, 0.1) is 13.5 Å². The number of halogens is 1. The molecule has 0 saturated carbocycles. The molecule has 2 aromatic carbocycles. The number of methoxy groups -OCH3 is 1. The van der Waals surface area contributed by atoms with Crippen LogP contribution in [0, 0.1) is 5.82 Å². The predicted molar refractivity (Wildman–Crippen MR) is 77.6 cm³/mol. The summed E-state index contributed by atoms with van der Waals surface area (Å²) in [6.45, 7) is 0. The van der Waals surface area contributed by atoms with E-state index in [0.717, 1.165) is 0 Å². The molecule has 0 fully saturated rings. The van der Waals surface area contributed by atoms with Gasteiger partial charge < -0.3 is 15.6 Å². The van der Waals surface area contributed by atoms with Crippen molar-refractivity contribution in [1.29, 1.82) is 0 Å². The van der Waals surface area contributed by atoms with Gasteiger partial charge in [0.25, 0.3) is 0 Å². The Morgan fingerprint density at radius 1 is 1.33 bits per heavy atom. The Morgan fingerprint density at radius 3 is 2.71 bits per heavy atom. The molecule has 4 nitrogen and oxygen atoms in total. The molecule has 0 aliphatic carbocycles. The van der Waals surface area contributed by atoms with E-state index in [0.29, 0.717) is 16.7 Å². The first-order valence-corrected chi connectivity index (χ1v) is 6.43. The fourth-order valence-electron chi connectivity index (χ4n) is 2.13. The molecule has 110 valence electrons. The molecule has 0 bridgehead atoms. The number of benzene rings is 2. The maximum Gasteiger partial charge on any atom is 0.305 e. The second kappa shape index (κ2) is 6.37. The quantitative estimate of drug-likeness (QED) is 0.887. The summed E-state index contributed by atoms with van der Waals surface area (Å²) in [5.41, 5.74) is 7.50. The maximum absolute atomic E-state index is 14.3. The van der Waals surface area contributed by atoms with E-state index in [2.05, 4.69) is 0 Å². The van der Waals surface area contributed by atoms with Crippen molar-refractivity contribution in [3.8, 4) is 16.9 Å². The van der Waals surface area contributed by atoms with Crippen LogP contribution in [0.1, 0.15) is 18.0 Å². The summed E-state index contributed by atoms with van der Waals surface area (Å²) in [5.74, 6) is -1.27. The molecule has 0 aliphatic heterocycles. The first-order chi connectivity index (χ1) is 10.0. The molecule has 3 N–H and O–H groups in total. The minimum Gasteiger partial charge on any atom is -0.494 e. The minimum atomic E-state index is -0.972. The third-order valence-corrected chi connectivity index (χ3v) is 3.20. The van der Waals surface area contributed by atoms with Crippen molar-refractivity contribution in [2.75, 3.05) is 7.11 Å². The molecule has 2 aromatic rings. The highest BCUT2D eigenvalue weighted by Gasteiger charge is 2.14. The van der Waals surface area contributed by atoms with Crippen LogP contribution >= 0.6 is 0 Å². The van der Waals surface area contributed by atoms with E-state index in [4.69, 9.17) is 15.6 Å². The monoisotopic (exact) mass is 289 g/mol. The van der Waals surface area contributed by atoms with Crippen molar-refractivity contribution >= 4 is 5.97 Å². The summed E-state index contributed by atoms with van der Waals surface area (Å²) >= 11 is 0. The number of carboxylic acid groups (broad SMARTS) is 1. The van der Waals surface area contributed by atoms with Crippen molar-refractivity contribution in [1.82, 2.24) is 0 Å². The van der Waals surface area contributed by atoms with Gasteiger partial charge in [0.15, 0.2) is 11.6 Å². The van der Waals surface area contributed by atoms with Crippen LogP contribution in [0.25, 0.3) is 11.1 Å². The van der Waals surface area contributed by atoms with E-state index in [1.54, 1.807) is 42.5 Å². The molecule has 0 aromatic heterocycles. The van der Waals surface area contributed by atoms with Gasteiger partial charge in [-0.1, -0.05) is 30.3 Å².